The largest absolute Gasteiger partial charge is 0.464 e. The van der Waals surface area contributed by atoms with Crippen LogP contribution in [0.1, 0.15) is 22.8 Å². The molecule has 6 aromatic carbocycles. The van der Waals surface area contributed by atoms with Crippen LogP contribution in [0.25, 0.3) is 33.8 Å². The predicted octanol–water partition coefficient (Wildman–Crippen LogP) is 6.85. The molecule has 0 fully saturated rings. The van der Waals surface area contributed by atoms with Gasteiger partial charge in [-0.3, -0.25) is 0 Å². The van der Waals surface area contributed by atoms with Gasteiger partial charge >= 0.3 is 0 Å². The molecule has 7 nitrogen and oxygen atoms in total. The Labute approximate surface area is 375 Å². The molecule has 63 heavy (non-hydrogen) atoms. The maximum Gasteiger partial charge on any atom is 0.259 e. The second-order valence-corrected chi connectivity index (χ2v) is 19.3. The summed E-state index contributed by atoms with van der Waals surface area (Å²) in [6.07, 6.45) is 8.89. The van der Waals surface area contributed by atoms with Crippen LogP contribution in [0.15, 0.2) is 146 Å². The van der Waals surface area contributed by atoms with E-state index in [1.54, 1.807) is 0 Å². The normalized spacial score (nSPS) is 13.6. The molecule has 0 saturated carbocycles. The van der Waals surface area contributed by atoms with Gasteiger partial charge in [-0.05, 0) is 98.2 Å². The van der Waals surface area contributed by atoms with Crippen LogP contribution in [-0.4, -0.2) is 22.6 Å². The summed E-state index contributed by atoms with van der Waals surface area (Å²) in [5.41, 5.74) is 17.3. The van der Waals surface area contributed by atoms with E-state index in [2.05, 4.69) is 158 Å². The molecule has 0 amide bonds. The molecule has 302 valence electrons. The first-order chi connectivity index (χ1) is 30.7. The fourth-order valence-corrected chi connectivity index (χ4v) is 12.4. The van der Waals surface area contributed by atoms with E-state index in [0.717, 1.165) is 78.9 Å². The molecule has 0 spiro atoms. The van der Waals surface area contributed by atoms with Gasteiger partial charge in [-0.25, -0.2) is 0 Å². The molecule has 0 unspecified atom stereocenters. The zero-order valence-electron chi connectivity index (χ0n) is 35.5. The van der Waals surface area contributed by atoms with Crippen LogP contribution in [0.5, 0.6) is 23.0 Å². The van der Waals surface area contributed by atoms with Crippen molar-refractivity contribution in [3.8, 4) is 56.8 Å². The van der Waals surface area contributed by atoms with Gasteiger partial charge in [0.25, 0.3) is 6.71 Å². The van der Waals surface area contributed by atoms with E-state index in [1.807, 2.05) is 59.6 Å². The van der Waals surface area contributed by atoms with Crippen molar-refractivity contribution in [1.29, 1.82) is 0 Å². The molecular weight excluding hydrogens is 814 g/mol. The first-order valence-corrected chi connectivity index (χ1v) is 22.9. The van der Waals surface area contributed by atoms with Gasteiger partial charge in [0.2, 0.25) is 19.4 Å². The Kier molecular flexibility index (Phi) is 7.92. The Morgan fingerprint density at radius 3 is 1.67 bits per heavy atom. The van der Waals surface area contributed by atoms with Crippen molar-refractivity contribution in [1.82, 2.24) is 9.13 Å². The molecule has 0 saturated heterocycles. The lowest BCUT2D eigenvalue weighted by Crippen LogP contribution is -2.58. The quantitative estimate of drug-likeness (QED) is 0.110. The molecule has 0 N–H and O–H groups in total. The number of aryl methyl sites for hydroxylation is 2. The third-order valence-corrected chi connectivity index (χ3v) is 16.1. The molecule has 4 aliphatic heterocycles. The van der Waals surface area contributed by atoms with Gasteiger partial charge in [0.1, 0.15) is 28.8 Å². The number of benzene rings is 6. The van der Waals surface area contributed by atoms with E-state index in [4.69, 9.17) is 13.9 Å². The lowest BCUT2D eigenvalue weighted by Gasteiger charge is -2.33. The zero-order chi connectivity index (χ0) is 42.4. The van der Waals surface area contributed by atoms with Crippen molar-refractivity contribution in [2.75, 3.05) is 0 Å². The summed E-state index contributed by atoms with van der Waals surface area (Å²) < 4.78 is 28.1. The third-order valence-electron chi connectivity index (χ3n) is 13.7. The van der Waals surface area contributed by atoms with Gasteiger partial charge in [-0.15, -0.1) is 0 Å². The number of nitrogens with zero attached hydrogens (tertiary/aromatic N) is 4. The highest BCUT2D eigenvalue weighted by molar-refractivity contribution is 8.01. The SMILES string of the molecule is Cc1c(C)[n+](C)[c-]n1-c1ccc2c(c1)B1c3cc(-c4coc(-c5ccc6c(c5)B5c7cc(-n8[c-][n+](C)c(C)c8C)ccc7Sc7cccc(c75)S6)c4)ccc3Oc3cccc(c31)O2. The van der Waals surface area contributed by atoms with Crippen LogP contribution in [0.2, 0.25) is 0 Å². The molecule has 0 aliphatic carbocycles. The monoisotopic (exact) mass is 852 g/mol. The van der Waals surface area contributed by atoms with Gasteiger partial charge in [0, 0.05) is 58.9 Å². The smallest absolute Gasteiger partial charge is 0.259 e. The second-order valence-electron chi connectivity index (χ2n) is 17.1. The van der Waals surface area contributed by atoms with E-state index >= 15 is 0 Å². The van der Waals surface area contributed by atoms with Gasteiger partial charge in [0.15, 0.2) is 0 Å². The summed E-state index contributed by atoms with van der Waals surface area (Å²) in [6.45, 7) is 8.58. The molecule has 9 aromatic rings. The molecule has 11 heteroatoms. The van der Waals surface area contributed by atoms with E-state index in [-0.39, 0.29) is 13.4 Å². The summed E-state index contributed by atoms with van der Waals surface area (Å²) >= 11 is 3.74. The number of hydrogen-bond donors (Lipinski definition) is 0. The highest BCUT2D eigenvalue weighted by Gasteiger charge is 2.41. The van der Waals surface area contributed by atoms with E-state index < -0.39 is 0 Å². The van der Waals surface area contributed by atoms with Crippen LogP contribution >= 0.6 is 23.5 Å². The first-order valence-electron chi connectivity index (χ1n) is 21.2. The number of rotatable bonds is 4. The number of ether oxygens (including phenoxy) is 2. The van der Waals surface area contributed by atoms with Crippen molar-refractivity contribution >= 4 is 69.7 Å². The average molecular weight is 853 g/mol. The Morgan fingerprint density at radius 2 is 1.02 bits per heavy atom. The summed E-state index contributed by atoms with van der Waals surface area (Å²) in [5, 5.41) is 0. The molecule has 3 aromatic heterocycles. The second kappa shape index (κ2) is 13.5. The van der Waals surface area contributed by atoms with Gasteiger partial charge < -0.3 is 32.2 Å². The van der Waals surface area contributed by atoms with E-state index in [0.29, 0.717) is 0 Å². The maximum atomic E-state index is 6.61. The number of fused-ring (bicyclic) bond motifs is 8. The van der Waals surface area contributed by atoms with Crippen LogP contribution in [0.3, 0.4) is 0 Å². The van der Waals surface area contributed by atoms with Crippen molar-refractivity contribution in [2.45, 2.75) is 47.3 Å². The Balaban J connectivity index is 0.892. The van der Waals surface area contributed by atoms with Crippen molar-refractivity contribution in [3.05, 3.63) is 157 Å². The molecule has 13 rings (SSSR count). The van der Waals surface area contributed by atoms with Crippen LogP contribution in [-0.2, 0) is 14.1 Å². The van der Waals surface area contributed by atoms with Gasteiger partial charge in [0.05, 0.1) is 31.7 Å². The Hall–Kier alpha value is -6.55. The number of hydrogen-bond acceptors (Lipinski definition) is 5. The standard InChI is InChI=1S/C52H38B2N4O3S2/c1-29-31(3)57(27-55(29)5)36-15-18-43-39(24-36)53-38-21-33(13-17-42(38)60-44-9-7-10-45(61-43)51(44)53)35-23-46(59-26-35)34-14-19-47-40(22-34)54-41-25-37(58-28-56(6)30(2)32(58)4)16-20-48(41)63-50-12-8-11-49(62-47)52(50)54/h7-26H,1-6H3. The third kappa shape index (κ3) is 5.45. The minimum Gasteiger partial charge on any atom is -0.464 e. The maximum absolute atomic E-state index is 6.61. The predicted molar refractivity (Wildman–Crippen MR) is 251 cm³/mol. The zero-order valence-corrected chi connectivity index (χ0v) is 37.2. The summed E-state index contributed by atoms with van der Waals surface area (Å²) in [7, 11) is 4.10. The molecule has 4 aliphatic rings. The first kappa shape index (κ1) is 37.0. The fraction of sp³-hybridized carbons (Fsp3) is 0.115. The van der Waals surface area contributed by atoms with Crippen molar-refractivity contribution < 1.29 is 23.0 Å². The van der Waals surface area contributed by atoms with Gasteiger partial charge in [-0.2, -0.15) is 0 Å². The highest BCUT2D eigenvalue weighted by Crippen LogP contribution is 2.41. The Morgan fingerprint density at radius 1 is 0.492 bits per heavy atom. The van der Waals surface area contributed by atoms with Crippen molar-refractivity contribution in [3.63, 3.8) is 0 Å². The van der Waals surface area contributed by atoms with Crippen LogP contribution in [0.4, 0.5) is 0 Å². The molecular formula is C52H38B2N4O3S2. The molecule has 0 radical (unpaired) electrons. The molecule has 7 heterocycles. The fourth-order valence-electron chi connectivity index (χ4n) is 10.0. The number of aromatic nitrogens is 4. The number of furan rings is 1. The van der Waals surface area contributed by atoms with Crippen LogP contribution < -0.4 is 51.4 Å². The molecule has 0 bridgehead atoms. The minimum absolute atomic E-state index is 0.0882. The van der Waals surface area contributed by atoms with E-state index in [9.17, 15) is 0 Å². The molecule has 0 atom stereocenters. The highest BCUT2D eigenvalue weighted by atomic mass is 32.2. The Bertz CT molecular complexity index is 3220. The van der Waals surface area contributed by atoms with Gasteiger partial charge in [-0.1, -0.05) is 101 Å². The van der Waals surface area contributed by atoms with Crippen molar-refractivity contribution in [2.24, 2.45) is 14.1 Å². The number of imidazole rings is 2. The lowest BCUT2D eigenvalue weighted by atomic mass is 9.34. The average Bonchev–Trinajstić information content (AvgIpc) is 3.98. The van der Waals surface area contributed by atoms with E-state index in [1.165, 1.54) is 53.1 Å². The summed E-state index contributed by atoms with van der Waals surface area (Å²) in [5.74, 6) is 4.17. The van der Waals surface area contributed by atoms with Crippen LogP contribution in [0, 0.1) is 40.3 Å². The summed E-state index contributed by atoms with van der Waals surface area (Å²) in [4.78, 5) is 5.21. The summed E-state index contributed by atoms with van der Waals surface area (Å²) in [6, 6.07) is 41.7. The minimum atomic E-state index is -0.0882. The lowest BCUT2D eigenvalue weighted by molar-refractivity contribution is -0.681. The topological polar surface area (TPSA) is 49.2 Å².